The molecule has 0 aromatic heterocycles. The summed E-state index contributed by atoms with van der Waals surface area (Å²) in [5, 5.41) is 3.45. The molecule has 4 heteroatoms. The SMILES string of the molecule is CCC(CNCC(C)C)C1CCS(=O)(=O)C1. The lowest BCUT2D eigenvalue weighted by Gasteiger charge is -2.22. The summed E-state index contributed by atoms with van der Waals surface area (Å²) in [5.41, 5.74) is 0. The van der Waals surface area contributed by atoms with Gasteiger partial charge in [0.2, 0.25) is 0 Å². The van der Waals surface area contributed by atoms with Crippen LogP contribution in [0.1, 0.15) is 33.6 Å². The van der Waals surface area contributed by atoms with Crippen molar-refractivity contribution in [1.82, 2.24) is 5.32 Å². The Balaban J connectivity index is 2.37. The van der Waals surface area contributed by atoms with E-state index in [2.05, 4.69) is 26.1 Å². The van der Waals surface area contributed by atoms with Gasteiger partial charge in [-0.05, 0) is 37.3 Å². The molecular weight excluding hydrogens is 222 g/mol. The molecule has 0 saturated carbocycles. The summed E-state index contributed by atoms with van der Waals surface area (Å²) in [6.45, 7) is 8.53. The molecule has 1 saturated heterocycles. The molecule has 1 fully saturated rings. The Labute approximate surface area is 99.9 Å². The van der Waals surface area contributed by atoms with E-state index in [-0.39, 0.29) is 0 Å². The van der Waals surface area contributed by atoms with E-state index in [0.717, 1.165) is 25.9 Å². The molecule has 16 heavy (non-hydrogen) atoms. The van der Waals surface area contributed by atoms with Gasteiger partial charge in [0.1, 0.15) is 0 Å². The highest BCUT2D eigenvalue weighted by molar-refractivity contribution is 7.91. The summed E-state index contributed by atoms with van der Waals surface area (Å²) in [6, 6.07) is 0. The molecule has 0 aromatic carbocycles. The zero-order chi connectivity index (χ0) is 12.2. The summed E-state index contributed by atoms with van der Waals surface area (Å²) in [5.74, 6) is 2.38. The lowest BCUT2D eigenvalue weighted by molar-refractivity contribution is 0.330. The minimum absolute atomic E-state index is 0.384. The standard InChI is InChI=1S/C12H25NO2S/c1-4-11(8-13-7-10(2)3)12-5-6-16(14,15)9-12/h10-13H,4-9H2,1-3H3. The summed E-state index contributed by atoms with van der Waals surface area (Å²) in [4.78, 5) is 0. The van der Waals surface area contributed by atoms with Crippen molar-refractivity contribution in [2.45, 2.75) is 33.6 Å². The molecule has 1 rings (SSSR count). The molecule has 1 N–H and O–H groups in total. The molecule has 0 aromatic rings. The van der Waals surface area contributed by atoms with Crippen molar-refractivity contribution in [3.8, 4) is 0 Å². The maximum Gasteiger partial charge on any atom is 0.150 e. The molecule has 0 aliphatic carbocycles. The fraction of sp³-hybridized carbons (Fsp3) is 1.00. The Bertz CT molecular complexity index is 298. The van der Waals surface area contributed by atoms with Crippen LogP contribution in [0.4, 0.5) is 0 Å². The van der Waals surface area contributed by atoms with Crippen LogP contribution in [0.15, 0.2) is 0 Å². The zero-order valence-corrected chi connectivity index (χ0v) is 11.5. The normalized spacial score (nSPS) is 26.1. The maximum absolute atomic E-state index is 11.4. The van der Waals surface area contributed by atoms with Crippen LogP contribution in [0.2, 0.25) is 0 Å². The Morgan fingerprint density at radius 3 is 2.44 bits per heavy atom. The number of hydrogen-bond donors (Lipinski definition) is 1. The third-order valence-corrected chi connectivity index (χ3v) is 5.21. The van der Waals surface area contributed by atoms with Crippen LogP contribution in [0.25, 0.3) is 0 Å². The van der Waals surface area contributed by atoms with Crippen molar-refractivity contribution in [3.63, 3.8) is 0 Å². The third-order valence-electron chi connectivity index (χ3n) is 3.42. The van der Waals surface area contributed by atoms with Crippen molar-refractivity contribution in [3.05, 3.63) is 0 Å². The van der Waals surface area contributed by atoms with Gasteiger partial charge in [-0.3, -0.25) is 0 Å². The van der Waals surface area contributed by atoms with Crippen LogP contribution in [-0.2, 0) is 9.84 Å². The Kier molecular flexibility index (Phi) is 5.25. The molecule has 2 atom stereocenters. The van der Waals surface area contributed by atoms with Crippen LogP contribution >= 0.6 is 0 Å². The molecule has 2 unspecified atom stereocenters. The molecule has 96 valence electrons. The first-order valence-electron chi connectivity index (χ1n) is 6.35. The van der Waals surface area contributed by atoms with E-state index in [4.69, 9.17) is 0 Å². The Morgan fingerprint density at radius 1 is 1.31 bits per heavy atom. The van der Waals surface area contributed by atoms with E-state index in [0.29, 0.717) is 29.3 Å². The second kappa shape index (κ2) is 6.01. The van der Waals surface area contributed by atoms with Crippen LogP contribution in [0, 0.1) is 17.8 Å². The predicted octanol–water partition coefficient (Wildman–Crippen LogP) is 1.69. The van der Waals surface area contributed by atoms with E-state index in [1.165, 1.54) is 0 Å². The monoisotopic (exact) mass is 247 g/mol. The van der Waals surface area contributed by atoms with Crippen molar-refractivity contribution in [2.75, 3.05) is 24.6 Å². The van der Waals surface area contributed by atoms with Crippen LogP contribution < -0.4 is 5.32 Å². The highest BCUT2D eigenvalue weighted by Crippen LogP contribution is 2.27. The summed E-state index contributed by atoms with van der Waals surface area (Å²) < 4.78 is 22.8. The molecule has 1 aliphatic heterocycles. The van der Waals surface area contributed by atoms with Crippen molar-refractivity contribution >= 4 is 9.84 Å². The topological polar surface area (TPSA) is 46.2 Å². The first-order chi connectivity index (χ1) is 7.44. The second-order valence-electron chi connectivity index (χ2n) is 5.38. The smallest absolute Gasteiger partial charge is 0.150 e. The fourth-order valence-electron chi connectivity index (χ4n) is 2.40. The quantitative estimate of drug-likeness (QED) is 0.777. The van der Waals surface area contributed by atoms with Crippen molar-refractivity contribution < 1.29 is 8.42 Å². The predicted molar refractivity (Wildman–Crippen MR) is 68.2 cm³/mol. The number of nitrogens with one attached hydrogen (secondary N) is 1. The van der Waals surface area contributed by atoms with Crippen molar-refractivity contribution in [1.29, 1.82) is 0 Å². The highest BCUT2D eigenvalue weighted by atomic mass is 32.2. The van der Waals surface area contributed by atoms with Gasteiger partial charge in [0.05, 0.1) is 11.5 Å². The van der Waals surface area contributed by atoms with E-state index in [9.17, 15) is 8.42 Å². The largest absolute Gasteiger partial charge is 0.316 e. The average Bonchev–Trinajstić information content (AvgIpc) is 2.53. The number of sulfone groups is 1. The molecule has 0 spiro atoms. The number of hydrogen-bond acceptors (Lipinski definition) is 3. The average molecular weight is 247 g/mol. The van der Waals surface area contributed by atoms with Gasteiger partial charge in [-0.1, -0.05) is 27.2 Å². The summed E-state index contributed by atoms with van der Waals surface area (Å²) in [6.07, 6.45) is 1.94. The van der Waals surface area contributed by atoms with Gasteiger partial charge in [-0.2, -0.15) is 0 Å². The lowest BCUT2D eigenvalue weighted by Crippen LogP contribution is -2.30. The fourth-order valence-corrected chi connectivity index (χ4v) is 4.32. The first-order valence-corrected chi connectivity index (χ1v) is 8.18. The van der Waals surface area contributed by atoms with Crippen LogP contribution in [-0.4, -0.2) is 33.0 Å². The maximum atomic E-state index is 11.4. The van der Waals surface area contributed by atoms with Gasteiger partial charge in [-0.25, -0.2) is 8.42 Å². The first kappa shape index (κ1) is 14.0. The molecule has 0 bridgehead atoms. The van der Waals surface area contributed by atoms with Gasteiger partial charge < -0.3 is 5.32 Å². The summed E-state index contributed by atoms with van der Waals surface area (Å²) in [7, 11) is -2.72. The molecule has 0 radical (unpaired) electrons. The second-order valence-corrected chi connectivity index (χ2v) is 7.61. The van der Waals surface area contributed by atoms with Gasteiger partial charge in [0.15, 0.2) is 9.84 Å². The van der Waals surface area contributed by atoms with E-state index in [1.54, 1.807) is 0 Å². The lowest BCUT2D eigenvalue weighted by atomic mass is 9.89. The van der Waals surface area contributed by atoms with E-state index < -0.39 is 9.84 Å². The van der Waals surface area contributed by atoms with Crippen LogP contribution in [0.3, 0.4) is 0 Å². The van der Waals surface area contributed by atoms with Gasteiger partial charge in [0.25, 0.3) is 0 Å². The van der Waals surface area contributed by atoms with Gasteiger partial charge in [0, 0.05) is 0 Å². The number of rotatable bonds is 6. The molecule has 1 aliphatic rings. The zero-order valence-electron chi connectivity index (χ0n) is 10.7. The third kappa shape index (κ3) is 4.42. The van der Waals surface area contributed by atoms with Crippen LogP contribution in [0.5, 0.6) is 0 Å². The highest BCUT2D eigenvalue weighted by Gasteiger charge is 2.32. The van der Waals surface area contributed by atoms with E-state index in [1.807, 2.05) is 0 Å². The molecule has 1 heterocycles. The summed E-state index contributed by atoms with van der Waals surface area (Å²) >= 11 is 0. The van der Waals surface area contributed by atoms with E-state index >= 15 is 0 Å². The minimum atomic E-state index is -2.72. The Hall–Kier alpha value is -0.0900. The molecule has 0 amide bonds. The molecular formula is C12H25NO2S. The van der Waals surface area contributed by atoms with Crippen molar-refractivity contribution in [2.24, 2.45) is 17.8 Å². The van der Waals surface area contributed by atoms with Gasteiger partial charge >= 0.3 is 0 Å². The minimum Gasteiger partial charge on any atom is -0.316 e. The molecule has 3 nitrogen and oxygen atoms in total. The Morgan fingerprint density at radius 2 is 2.00 bits per heavy atom. The van der Waals surface area contributed by atoms with Gasteiger partial charge in [-0.15, -0.1) is 0 Å².